The van der Waals surface area contributed by atoms with Crippen molar-refractivity contribution in [2.75, 3.05) is 18.4 Å². The first-order valence-electron chi connectivity index (χ1n) is 11.2. The lowest BCUT2D eigenvalue weighted by Crippen LogP contribution is -2.52. The molecule has 1 aliphatic heterocycles. The number of carbonyl (C=O) groups excluding carboxylic acids is 1. The van der Waals surface area contributed by atoms with Crippen molar-refractivity contribution >= 4 is 22.9 Å². The van der Waals surface area contributed by atoms with Gasteiger partial charge in [0.25, 0.3) is 0 Å². The summed E-state index contributed by atoms with van der Waals surface area (Å²) in [6, 6.07) is -0.402. The third-order valence-corrected chi connectivity index (χ3v) is 6.05. The van der Waals surface area contributed by atoms with Gasteiger partial charge < -0.3 is 19.5 Å². The van der Waals surface area contributed by atoms with Gasteiger partial charge in [-0.3, -0.25) is 9.48 Å². The fourth-order valence-electron chi connectivity index (χ4n) is 4.41. The standard InChI is InChI=1S/C22H32N8O2/c1-7-17(22(31)29-10-13(3)32-14(4)11-29)26-19-18-21(24-12-23-19)28(6)20(27-18)16-9-25-30(8-2)15(16)5/h9,12-14,17H,7-8,10-11H2,1-6H3,(H,23,24,26)/t13-,14+,17-/m1/s1. The first-order valence-corrected chi connectivity index (χ1v) is 11.2. The van der Waals surface area contributed by atoms with E-state index in [0.717, 1.165) is 23.6 Å². The fourth-order valence-corrected chi connectivity index (χ4v) is 4.41. The van der Waals surface area contributed by atoms with Gasteiger partial charge >= 0.3 is 0 Å². The van der Waals surface area contributed by atoms with Crippen molar-refractivity contribution in [1.29, 1.82) is 0 Å². The molecular formula is C22H32N8O2. The van der Waals surface area contributed by atoms with Crippen LogP contribution in [0.2, 0.25) is 0 Å². The van der Waals surface area contributed by atoms with E-state index < -0.39 is 6.04 Å². The maximum Gasteiger partial charge on any atom is 0.245 e. The van der Waals surface area contributed by atoms with E-state index in [9.17, 15) is 4.79 Å². The highest BCUT2D eigenvalue weighted by Crippen LogP contribution is 2.28. The fraction of sp³-hybridized carbons (Fsp3) is 0.591. The van der Waals surface area contributed by atoms with Gasteiger partial charge in [-0.25, -0.2) is 15.0 Å². The molecule has 0 aliphatic carbocycles. The quantitative estimate of drug-likeness (QED) is 0.628. The monoisotopic (exact) mass is 440 g/mol. The largest absolute Gasteiger partial charge is 0.372 e. The predicted octanol–water partition coefficient (Wildman–Crippen LogP) is 2.38. The van der Waals surface area contributed by atoms with Crippen molar-refractivity contribution in [3.05, 3.63) is 18.2 Å². The molecule has 0 saturated carbocycles. The number of aryl methyl sites for hydroxylation is 2. The van der Waals surface area contributed by atoms with Crippen LogP contribution in [0.25, 0.3) is 22.6 Å². The van der Waals surface area contributed by atoms with Gasteiger partial charge in [-0.1, -0.05) is 6.92 Å². The lowest BCUT2D eigenvalue weighted by Gasteiger charge is -2.37. The van der Waals surface area contributed by atoms with Crippen molar-refractivity contribution in [2.24, 2.45) is 7.05 Å². The van der Waals surface area contributed by atoms with Crippen LogP contribution < -0.4 is 5.32 Å². The Bertz CT molecular complexity index is 1110. The minimum Gasteiger partial charge on any atom is -0.372 e. The molecule has 1 saturated heterocycles. The van der Waals surface area contributed by atoms with Gasteiger partial charge in [-0.2, -0.15) is 5.10 Å². The lowest BCUT2D eigenvalue weighted by molar-refractivity contribution is -0.144. The van der Waals surface area contributed by atoms with Crippen LogP contribution in [0.1, 0.15) is 39.8 Å². The number of imidazole rings is 1. The van der Waals surface area contributed by atoms with E-state index in [0.29, 0.717) is 36.5 Å². The van der Waals surface area contributed by atoms with E-state index in [1.807, 2.05) is 55.1 Å². The molecular weight excluding hydrogens is 408 g/mol. The van der Waals surface area contributed by atoms with Gasteiger partial charge in [-0.15, -0.1) is 0 Å². The van der Waals surface area contributed by atoms with Crippen LogP contribution in [0.5, 0.6) is 0 Å². The van der Waals surface area contributed by atoms with Gasteiger partial charge in [0.1, 0.15) is 18.2 Å². The number of nitrogens with one attached hydrogen (secondary N) is 1. The summed E-state index contributed by atoms with van der Waals surface area (Å²) >= 11 is 0. The number of anilines is 1. The molecule has 1 aliphatic rings. The Balaban J connectivity index is 1.65. The third kappa shape index (κ3) is 3.94. The van der Waals surface area contributed by atoms with Crippen molar-refractivity contribution in [1.82, 2.24) is 34.2 Å². The summed E-state index contributed by atoms with van der Waals surface area (Å²) in [5.74, 6) is 1.39. The summed E-state index contributed by atoms with van der Waals surface area (Å²) in [4.78, 5) is 28.9. The van der Waals surface area contributed by atoms with E-state index in [1.165, 1.54) is 6.33 Å². The van der Waals surface area contributed by atoms with Gasteiger partial charge in [0.15, 0.2) is 17.0 Å². The molecule has 0 radical (unpaired) electrons. The van der Waals surface area contributed by atoms with E-state index in [2.05, 4.69) is 27.3 Å². The zero-order chi connectivity index (χ0) is 23.0. The van der Waals surface area contributed by atoms with Gasteiger partial charge in [0, 0.05) is 32.4 Å². The minimum atomic E-state index is -0.402. The molecule has 1 amide bonds. The highest BCUT2D eigenvalue weighted by atomic mass is 16.5. The first kappa shape index (κ1) is 22.2. The highest BCUT2D eigenvalue weighted by molar-refractivity contribution is 5.90. The van der Waals surface area contributed by atoms with E-state index in [1.54, 1.807) is 0 Å². The molecule has 3 aromatic heterocycles. The molecule has 172 valence electrons. The third-order valence-electron chi connectivity index (χ3n) is 6.05. The Labute approximate surface area is 188 Å². The zero-order valence-corrected chi connectivity index (χ0v) is 19.7. The van der Waals surface area contributed by atoms with E-state index in [4.69, 9.17) is 9.72 Å². The summed E-state index contributed by atoms with van der Waals surface area (Å²) in [7, 11) is 1.93. The lowest BCUT2D eigenvalue weighted by atomic mass is 10.1. The maximum atomic E-state index is 13.3. The van der Waals surface area contributed by atoms with Crippen molar-refractivity contribution < 1.29 is 9.53 Å². The number of nitrogens with zero attached hydrogens (tertiary/aromatic N) is 7. The number of fused-ring (bicyclic) bond motifs is 1. The molecule has 4 rings (SSSR count). The molecule has 1 fully saturated rings. The summed E-state index contributed by atoms with van der Waals surface area (Å²) in [6.07, 6.45) is 4.02. The topological polar surface area (TPSA) is 103 Å². The SMILES string of the molecule is CC[C@@H](Nc1ncnc2c1nc(-c1cnn(CC)c1C)n2C)C(=O)N1C[C@@H](C)O[C@@H](C)C1. The molecule has 3 aromatic rings. The molecule has 1 N–H and O–H groups in total. The van der Waals surface area contributed by atoms with Crippen LogP contribution in [0, 0.1) is 6.92 Å². The van der Waals surface area contributed by atoms with Crippen LogP contribution in [-0.2, 0) is 23.1 Å². The minimum absolute atomic E-state index is 0.0246. The van der Waals surface area contributed by atoms with E-state index >= 15 is 0 Å². The molecule has 0 aromatic carbocycles. The summed E-state index contributed by atoms with van der Waals surface area (Å²) < 4.78 is 9.66. The first-order chi connectivity index (χ1) is 15.3. The normalized spacial score (nSPS) is 20.0. The van der Waals surface area contributed by atoms with Crippen molar-refractivity contribution in [2.45, 2.75) is 65.8 Å². The molecule has 10 heteroatoms. The van der Waals surface area contributed by atoms with Crippen molar-refractivity contribution in [3.8, 4) is 11.4 Å². The van der Waals surface area contributed by atoms with Gasteiger partial charge in [0.2, 0.25) is 5.91 Å². The van der Waals surface area contributed by atoms with Crippen LogP contribution in [0.3, 0.4) is 0 Å². The molecule has 32 heavy (non-hydrogen) atoms. The van der Waals surface area contributed by atoms with Crippen LogP contribution in [-0.4, -0.2) is 71.4 Å². The average Bonchev–Trinajstić information content (AvgIpc) is 3.30. The average molecular weight is 441 g/mol. The molecule has 0 unspecified atom stereocenters. The zero-order valence-electron chi connectivity index (χ0n) is 19.7. The molecule has 0 bridgehead atoms. The number of rotatable bonds is 6. The van der Waals surface area contributed by atoms with Crippen LogP contribution in [0.4, 0.5) is 5.82 Å². The predicted molar refractivity (Wildman–Crippen MR) is 122 cm³/mol. The number of hydrogen-bond donors (Lipinski definition) is 1. The number of aromatic nitrogens is 6. The van der Waals surface area contributed by atoms with Crippen LogP contribution in [0.15, 0.2) is 12.5 Å². The Morgan fingerprint density at radius 3 is 2.59 bits per heavy atom. The van der Waals surface area contributed by atoms with Gasteiger partial charge in [-0.05, 0) is 34.1 Å². The van der Waals surface area contributed by atoms with Crippen LogP contribution >= 0.6 is 0 Å². The number of carbonyl (C=O) groups is 1. The highest BCUT2D eigenvalue weighted by Gasteiger charge is 2.30. The molecule has 4 heterocycles. The number of amides is 1. The maximum absolute atomic E-state index is 13.3. The summed E-state index contributed by atoms with van der Waals surface area (Å²) in [5, 5.41) is 7.79. The van der Waals surface area contributed by atoms with Crippen molar-refractivity contribution in [3.63, 3.8) is 0 Å². The molecule has 10 nitrogen and oxygen atoms in total. The summed E-state index contributed by atoms with van der Waals surface area (Å²) in [5.41, 5.74) is 3.35. The smallest absolute Gasteiger partial charge is 0.245 e. The van der Waals surface area contributed by atoms with Gasteiger partial charge in [0.05, 0.1) is 24.0 Å². The Morgan fingerprint density at radius 2 is 1.97 bits per heavy atom. The molecule has 0 spiro atoms. The number of hydrogen-bond acceptors (Lipinski definition) is 7. The van der Waals surface area contributed by atoms with E-state index in [-0.39, 0.29) is 18.1 Å². The number of ether oxygens (including phenoxy) is 1. The summed E-state index contributed by atoms with van der Waals surface area (Å²) in [6.45, 7) is 12.1. The second-order valence-electron chi connectivity index (χ2n) is 8.45. The second-order valence-corrected chi connectivity index (χ2v) is 8.45. The molecule has 3 atom stereocenters. The number of morpholine rings is 1. The Morgan fingerprint density at radius 1 is 1.25 bits per heavy atom. The second kappa shape index (κ2) is 8.85. The Hall–Kier alpha value is -3.01. The Kier molecular flexibility index (Phi) is 6.14.